The lowest BCUT2D eigenvalue weighted by Crippen LogP contribution is -2.35. The molecule has 60 valence electrons. The first-order valence-corrected chi connectivity index (χ1v) is 4.16. The van der Waals surface area contributed by atoms with E-state index in [9.17, 15) is 4.39 Å². The van der Waals surface area contributed by atoms with Gasteiger partial charge in [-0.1, -0.05) is 6.42 Å². The maximum atomic E-state index is 12.4. The molecule has 0 spiro atoms. The van der Waals surface area contributed by atoms with E-state index in [4.69, 9.17) is 0 Å². The summed E-state index contributed by atoms with van der Waals surface area (Å²) in [6.07, 6.45) is 3.74. The molecule has 0 aromatic heterocycles. The molecule has 1 heterocycles. The summed E-state index contributed by atoms with van der Waals surface area (Å²) in [4.78, 5) is 0. The Morgan fingerprint density at radius 2 is 2.40 bits per heavy atom. The van der Waals surface area contributed by atoms with Crippen molar-refractivity contribution in [3.8, 4) is 0 Å². The van der Waals surface area contributed by atoms with Gasteiger partial charge in [0.05, 0.1) is 6.17 Å². The van der Waals surface area contributed by atoms with Gasteiger partial charge >= 0.3 is 0 Å². The van der Waals surface area contributed by atoms with E-state index in [2.05, 4.69) is 5.32 Å². The van der Waals surface area contributed by atoms with Crippen molar-refractivity contribution < 1.29 is 4.39 Å². The molecule has 1 nitrogen and oxygen atoms in total. The molecule has 2 atom stereocenters. The Kier molecular flexibility index (Phi) is 3.13. The molecule has 2 unspecified atom stereocenters. The van der Waals surface area contributed by atoms with E-state index < -0.39 is 6.17 Å². The number of hydrogen-bond donors (Lipinski definition) is 1. The second-order valence-electron chi connectivity index (χ2n) is 3.16. The van der Waals surface area contributed by atoms with Crippen molar-refractivity contribution in [1.29, 1.82) is 0 Å². The lowest BCUT2D eigenvalue weighted by molar-refractivity contribution is 0.273. The van der Waals surface area contributed by atoms with Gasteiger partial charge in [-0.05, 0) is 32.7 Å². The van der Waals surface area contributed by atoms with E-state index in [1.54, 1.807) is 6.92 Å². The Hall–Kier alpha value is -0.110. The van der Waals surface area contributed by atoms with Crippen LogP contribution in [0.4, 0.5) is 4.39 Å². The molecule has 1 aliphatic rings. The number of rotatable bonds is 2. The summed E-state index contributed by atoms with van der Waals surface area (Å²) in [5, 5.41) is 3.31. The number of piperidine rings is 1. The molecule has 0 aromatic rings. The van der Waals surface area contributed by atoms with Crippen molar-refractivity contribution in [2.75, 3.05) is 6.54 Å². The Morgan fingerprint density at radius 1 is 1.60 bits per heavy atom. The minimum atomic E-state index is -0.643. The quantitative estimate of drug-likeness (QED) is 0.625. The van der Waals surface area contributed by atoms with E-state index in [-0.39, 0.29) is 0 Å². The maximum absolute atomic E-state index is 12.4. The van der Waals surface area contributed by atoms with Crippen LogP contribution in [0.3, 0.4) is 0 Å². The highest BCUT2D eigenvalue weighted by Crippen LogP contribution is 2.12. The second-order valence-corrected chi connectivity index (χ2v) is 3.16. The third kappa shape index (κ3) is 2.65. The number of halogens is 1. The van der Waals surface area contributed by atoms with E-state index >= 15 is 0 Å². The number of nitrogens with one attached hydrogen (secondary N) is 1. The molecule has 1 aliphatic heterocycles. The summed E-state index contributed by atoms with van der Waals surface area (Å²) in [5.41, 5.74) is 0. The van der Waals surface area contributed by atoms with Crippen LogP contribution in [0.15, 0.2) is 0 Å². The summed E-state index contributed by atoms with van der Waals surface area (Å²) in [7, 11) is 0. The van der Waals surface area contributed by atoms with E-state index in [1.165, 1.54) is 12.8 Å². The Morgan fingerprint density at radius 3 is 2.90 bits per heavy atom. The minimum absolute atomic E-state index is 0.453. The first-order valence-electron chi connectivity index (χ1n) is 4.16. The van der Waals surface area contributed by atoms with Crippen LogP contribution in [0.1, 0.15) is 32.6 Å². The van der Waals surface area contributed by atoms with Crippen LogP contribution >= 0.6 is 0 Å². The normalized spacial score (nSPS) is 30.0. The molecule has 0 aromatic carbocycles. The van der Waals surface area contributed by atoms with E-state index in [0.29, 0.717) is 12.5 Å². The molecule has 2 heteroatoms. The Balaban J connectivity index is 2.13. The second kappa shape index (κ2) is 3.91. The Labute approximate surface area is 62.0 Å². The van der Waals surface area contributed by atoms with Crippen LogP contribution < -0.4 is 5.32 Å². The molecule has 0 aliphatic carbocycles. The summed E-state index contributed by atoms with van der Waals surface area (Å²) in [6.45, 7) is 2.72. The molecule has 0 bridgehead atoms. The van der Waals surface area contributed by atoms with Crippen LogP contribution in [0, 0.1) is 0 Å². The Bertz CT molecular complexity index is 87.3. The van der Waals surface area contributed by atoms with Gasteiger partial charge in [-0.3, -0.25) is 0 Å². The number of hydrogen-bond acceptors (Lipinski definition) is 1. The third-order valence-corrected chi connectivity index (χ3v) is 2.02. The fraction of sp³-hybridized carbons (Fsp3) is 1.00. The smallest absolute Gasteiger partial charge is 0.0988 e. The maximum Gasteiger partial charge on any atom is 0.0988 e. The standard InChI is InChI=1S/C8H16FN/c1-7(9)6-8-4-2-3-5-10-8/h7-8,10H,2-6H2,1H3. The van der Waals surface area contributed by atoms with Crippen LogP contribution in [0.2, 0.25) is 0 Å². The zero-order valence-electron chi connectivity index (χ0n) is 6.57. The molecule has 10 heavy (non-hydrogen) atoms. The van der Waals surface area contributed by atoms with Gasteiger partial charge in [0.25, 0.3) is 0 Å². The largest absolute Gasteiger partial charge is 0.314 e. The summed E-state index contributed by atoms with van der Waals surface area (Å²) in [6, 6.07) is 0.453. The van der Waals surface area contributed by atoms with Crippen molar-refractivity contribution in [1.82, 2.24) is 5.32 Å². The van der Waals surface area contributed by atoms with Gasteiger partial charge in [-0.25, -0.2) is 4.39 Å². The summed E-state index contributed by atoms with van der Waals surface area (Å²) < 4.78 is 12.4. The van der Waals surface area contributed by atoms with Gasteiger partial charge in [-0.2, -0.15) is 0 Å². The van der Waals surface area contributed by atoms with Gasteiger partial charge in [-0.15, -0.1) is 0 Å². The number of alkyl halides is 1. The highest BCUT2D eigenvalue weighted by molar-refractivity contribution is 4.73. The van der Waals surface area contributed by atoms with Crippen molar-refractivity contribution in [3.05, 3.63) is 0 Å². The first-order chi connectivity index (χ1) is 4.79. The van der Waals surface area contributed by atoms with Gasteiger partial charge in [0, 0.05) is 6.04 Å². The van der Waals surface area contributed by atoms with Crippen molar-refractivity contribution >= 4 is 0 Å². The monoisotopic (exact) mass is 145 g/mol. The lowest BCUT2D eigenvalue weighted by atomic mass is 10.0. The molecule has 1 N–H and O–H groups in total. The van der Waals surface area contributed by atoms with Gasteiger partial charge < -0.3 is 5.32 Å². The highest BCUT2D eigenvalue weighted by Gasteiger charge is 2.14. The average molecular weight is 145 g/mol. The van der Waals surface area contributed by atoms with Gasteiger partial charge in [0.15, 0.2) is 0 Å². The predicted molar refractivity (Wildman–Crippen MR) is 40.8 cm³/mol. The van der Waals surface area contributed by atoms with Crippen molar-refractivity contribution in [3.63, 3.8) is 0 Å². The van der Waals surface area contributed by atoms with Crippen molar-refractivity contribution in [2.24, 2.45) is 0 Å². The zero-order valence-corrected chi connectivity index (χ0v) is 6.57. The highest BCUT2D eigenvalue weighted by atomic mass is 19.1. The molecule has 1 saturated heterocycles. The van der Waals surface area contributed by atoms with Crippen LogP contribution in [-0.2, 0) is 0 Å². The molecule has 0 radical (unpaired) electrons. The van der Waals surface area contributed by atoms with E-state index in [0.717, 1.165) is 13.0 Å². The molecule has 0 amide bonds. The molecular weight excluding hydrogens is 129 g/mol. The van der Waals surface area contributed by atoms with Crippen LogP contribution in [0.25, 0.3) is 0 Å². The SMILES string of the molecule is CC(F)CC1CCCCN1. The molecule has 1 rings (SSSR count). The van der Waals surface area contributed by atoms with Gasteiger partial charge in [0.2, 0.25) is 0 Å². The van der Waals surface area contributed by atoms with Gasteiger partial charge in [0.1, 0.15) is 0 Å². The lowest BCUT2D eigenvalue weighted by Gasteiger charge is -2.23. The third-order valence-electron chi connectivity index (χ3n) is 2.02. The summed E-state index contributed by atoms with van der Waals surface area (Å²) in [5.74, 6) is 0. The fourth-order valence-corrected chi connectivity index (χ4v) is 1.52. The average Bonchev–Trinajstić information content (AvgIpc) is 1.88. The van der Waals surface area contributed by atoms with E-state index in [1.807, 2.05) is 0 Å². The first kappa shape index (κ1) is 7.99. The minimum Gasteiger partial charge on any atom is -0.314 e. The molecular formula is C8H16FN. The molecule has 0 saturated carbocycles. The predicted octanol–water partition coefficient (Wildman–Crippen LogP) is 1.88. The van der Waals surface area contributed by atoms with Crippen LogP contribution in [-0.4, -0.2) is 18.8 Å². The topological polar surface area (TPSA) is 12.0 Å². The van der Waals surface area contributed by atoms with Crippen molar-refractivity contribution in [2.45, 2.75) is 44.8 Å². The zero-order chi connectivity index (χ0) is 7.40. The van der Waals surface area contributed by atoms with Crippen LogP contribution in [0.5, 0.6) is 0 Å². The molecule has 1 fully saturated rings. The summed E-state index contributed by atoms with van der Waals surface area (Å²) >= 11 is 0. The fourth-order valence-electron chi connectivity index (χ4n) is 1.52.